The summed E-state index contributed by atoms with van der Waals surface area (Å²) in [6.07, 6.45) is 1.67. The zero-order chi connectivity index (χ0) is 11.8. The summed E-state index contributed by atoms with van der Waals surface area (Å²) >= 11 is -0.153. The van der Waals surface area contributed by atoms with E-state index in [1.807, 2.05) is 18.2 Å². The van der Waals surface area contributed by atoms with Crippen molar-refractivity contribution in [1.29, 1.82) is 0 Å². The molecule has 2 heterocycles. The van der Waals surface area contributed by atoms with Crippen molar-refractivity contribution in [2.24, 2.45) is 0 Å². The van der Waals surface area contributed by atoms with Crippen LogP contribution in [-0.2, 0) is 0 Å². The van der Waals surface area contributed by atoms with Crippen molar-refractivity contribution in [3.05, 3.63) is 52.9 Å². The number of fused-ring (bicyclic) bond motifs is 1. The molecule has 1 N–H and O–H groups in total. The molecule has 0 amide bonds. The Morgan fingerprint density at radius 2 is 2.12 bits per heavy atom. The zero-order valence-corrected chi connectivity index (χ0v) is 10.4. The molecule has 17 heavy (non-hydrogen) atoms. The maximum absolute atomic E-state index is 12.1. The third-order valence-electron chi connectivity index (χ3n) is 2.43. The monoisotopic (exact) mass is 292 g/mol. The van der Waals surface area contributed by atoms with Crippen LogP contribution >= 0.6 is 0 Å². The SMILES string of the molecule is O=c1c2ccc(O)cc2[se]n1-c1ccccn1. The van der Waals surface area contributed by atoms with Gasteiger partial charge in [0.2, 0.25) is 0 Å². The molecule has 0 aliphatic rings. The van der Waals surface area contributed by atoms with E-state index in [0.717, 1.165) is 4.26 Å². The molecule has 3 rings (SSSR count). The molecule has 0 unspecified atom stereocenters. The van der Waals surface area contributed by atoms with Crippen molar-refractivity contribution in [1.82, 2.24) is 8.55 Å². The number of aromatic hydroxyl groups is 1. The second-order valence-electron chi connectivity index (χ2n) is 3.56. The molecule has 0 spiro atoms. The standard InChI is InChI=1S/C12H8N2O2Se/c15-8-4-5-9-10(7-8)17-14(12(9)16)11-3-1-2-6-13-11/h1-7,15H. The third kappa shape index (κ3) is 1.69. The summed E-state index contributed by atoms with van der Waals surface area (Å²) < 4.78 is 2.56. The summed E-state index contributed by atoms with van der Waals surface area (Å²) in [5.74, 6) is 0.856. The fourth-order valence-corrected chi connectivity index (χ4v) is 3.75. The van der Waals surface area contributed by atoms with Gasteiger partial charge in [0.05, 0.1) is 0 Å². The fraction of sp³-hybridized carbons (Fsp3) is 0. The Morgan fingerprint density at radius 3 is 2.88 bits per heavy atom. The van der Waals surface area contributed by atoms with Crippen molar-refractivity contribution < 1.29 is 5.11 Å². The summed E-state index contributed by atoms with van der Waals surface area (Å²) in [7, 11) is 0. The quantitative estimate of drug-likeness (QED) is 0.684. The van der Waals surface area contributed by atoms with Gasteiger partial charge in [-0.3, -0.25) is 0 Å². The molecular weight excluding hydrogens is 283 g/mol. The van der Waals surface area contributed by atoms with Gasteiger partial charge in [0.25, 0.3) is 0 Å². The molecule has 0 saturated heterocycles. The van der Waals surface area contributed by atoms with Gasteiger partial charge < -0.3 is 0 Å². The number of benzene rings is 1. The Bertz CT molecular complexity index is 731. The van der Waals surface area contributed by atoms with Crippen LogP contribution in [0.1, 0.15) is 0 Å². The van der Waals surface area contributed by atoms with Crippen LogP contribution in [-0.4, -0.2) is 28.4 Å². The fourth-order valence-electron chi connectivity index (χ4n) is 1.64. The second-order valence-corrected chi connectivity index (χ2v) is 5.63. The predicted molar refractivity (Wildman–Crippen MR) is 65.9 cm³/mol. The van der Waals surface area contributed by atoms with Crippen LogP contribution in [0.15, 0.2) is 47.4 Å². The average Bonchev–Trinajstić information content (AvgIpc) is 2.67. The van der Waals surface area contributed by atoms with E-state index < -0.39 is 0 Å². The van der Waals surface area contributed by atoms with Crippen molar-refractivity contribution in [2.45, 2.75) is 0 Å². The minimum absolute atomic E-state index is 0.0429. The van der Waals surface area contributed by atoms with E-state index in [1.54, 1.807) is 21.9 Å². The van der Waals surface area contributed by atoms with E-state index in [1.165, 1.54) is 6.07 Å². The molecule has 0 aliphatic heterocycles. The van der Waals surface area contributed by atoms with Gasteiger partial charge >= 0.3 is 103 Å². The molecular formula is C12H8N2O2Se. The molecule has 0 bridgehead atoms. The Kier molecular flexibility index (Phi) is 2.35. The van der Waals surface area contributed by atoms with Gasteiger partial charge in [0.1, 0.15) is 0 Å². The number of pyridine rings is 1. The van der Waals surface area contributed by atoms with E-state index in [-0.39, 0.29) is 26.0 Å². The van der Waals surface area contributed by atoms with Gasteiger partial charge in [-0.05, 0) is 0 Å². The van der Waals surface area contributed by atoms with Crippen LogP contribution < -0.4 is 5.56 Å². The summed E-state index contributed by atoms with van der Waals surface area (Å²) in [5.41, 5.74) is -0.0429. The normalized spacial score (nSPS) is 10.8. The molecule has 0 atom stereocenters. The number of hydrogen-bond acceptors (Lipinski definition) is 3. The third-order valence-corrected chi connectivity index (χ3v) is 4.67. The predicted octanol–water partition coefficient (Wildman–Crippen LogP) is 1.15. The molecule has 2 aromatic heterocycles. The number of hydrogen-bond donors (Lipinski definition) is 1. The van der Waals surface area contributed by atoms with Crippen LogP contribution in [0.4, 0.5) is 0 Å². The van der Waals surface area contributed by atoms with E-state index in [2.05, 4.69) is 4.98 Å². The summed E-state index contributed by atoms with van der Waals surface area (Å²) in [6.45, 7) is 0. The van der Waals surface area contributed by atoms with Crippen LogP contribution in [0.5, 0.6) is 5.75 Å². The summed E-state index contributed by atoms with van der Waals surface area (Å²) in [6, 6.07) is 10.3. The van der Waals surface area contributed by atoms with Crippen molar-refractivity contribution in [2.75, 3.05) is 0 Å². The molecule has 0 saturated carbocycles. The van der Waals surface area contributed by atoms with Gasteiger partial charge in [-0.2, -0.15) is 0 Å². The molecule has 1 aromatic carbocycles. The molecule has 4 nitrogen and oxygen atoms in total. The van der Waals surface area contributed by atoms with Gasteiger partial charge in [-0.25, -0.2) is 0 Å². The van der Waals surface area contributed by atoms with E-state index in [0.29, 0.717) is 11.2 Å². The first-order valence-corrected chi connectivity index (χ1v) is 6.64. The Morgan fingerprint density at radius 1 is 1.24 bits per heavy atom. The van der Waals surface area contributed by atoms with Gasteiger partial charge in [0.15, 0.2) is 0 Å². The maximum atomic E-state index is 12.1. The van der Waals surface area contributed by atoms with Gasteiger partial charge in [0, 0.05) is 0 Å². The molecule has 5 heteroatoms. The summed E-state index contributed by atoms with van der Waals surface area (Å²) in [5, 5.41) is 10.1. The summed E-state index contributed by atoms with van der Waals surface area (Å²) in [4.78, 5) is 16.3. The topological polar surface area (TPSA) is 55.1 Å². The van der Waals surface area contributed by atoms with Crippen molar-refractivity contribution >= 4 is 24.4 Å². The number of rotatable bonds is 1. The van der Waals surface area contributed by atoms with Crippen LogP contribution in [0.2, 0.25) is 0 Å². The first kappa shape index (κ1) is 10.3. The minimum atomic E-state index is -0.153. The van der Waals surface area contributed by atoms with Crippen LogP contribution in [0.25, 0.3) is 15.5 Å². The number of phenols is 1. The Balaban J connectivity index is 2.32. The second kappa shape index (κ2) is 3.87. The Labute approximate surface area is 103 Å². The number of phenolic OH excluding ortho intramolecular Hbond substituents is 1. The van der Waals surface area contributed by atoms with Crippen LogP contribution in [0, 0.1) is 0 Å². The first-order valence-electron chi connectivity index (χ1n) is 5.02. The van der Waals surface area contributed by atoms with Gasteiger partial charge in [-0.1, -0.05) is 0 Å². The number of nitrogens with zero attached hydrogens (tertiary/aromatic N) is 2. The van der Waals surface area contributed by atoms with Gasteiger partial charge in [-0.15, -0.1) is 0 Å². The molecule has 0 fully saturated rings. The van der Waals surface area contributed by atoms with E-state index >= 15 is 0 Å². The first-order chi connectivity index (χ1) is 8.25. The molecule has 84 valence electrons. The van der Waals surface area contributed by atoms with E-state index in [9.17, 15) is 9.90 Å². The molecule has 3 aromatic rings. The number of aromatic nitrogens is 2. The van der Waals surface area contributed by atoms with Crippen molar-refractivity contribution in [3.63, 3.8) is 0 Å². The average molecular weight is 291 g/mol. The molecule has 0 radical (unpaired) electrons. The van der Waals surface area contributed by atoms with Crippen LogP contribution in [0.3, 0.4) is 0 Å². The van der Waals surface area contributed by atoms with Crippen molar-refractivity contribution in [3.8, 4) is 11.6 Å². The zero-order valence-electron chi connectivity index (χ0n) is 8.70. The van der Waals surface area contributed by atoms with E-state index in [4.69, 9.17) is 0 Å². The molecule has 0 aliphatic carbocycles. The Hall–Kier alpha value is -1.84.